The second kappa shape index (κ2) is 11.1. The molecule has 0 bridgehead atoms. The van der Waals surface area contributed by atoms with Gasteiger partial charge in [-0.25, -0.2) is 14.6 Å². The Labute approximate surface area is 250 Å². The lowest BCUT2D eigenvalue weighted by Gasteiger charge is -2.49. The van der Waals surface area contributed by atoms with Crippen molar-refractivity contribution >= 4 is 86.1 Å². The number of β-lactam (4-membered cyclic amide) rings is 1. The van der Waals surface area contributed by atoms with Gasteiger partial charge in [0.25, 0.3) is 11.8 Å². The highest BCUT2D eigenvalue weighted by Gasteiger charge is 2.55. The number of H-pyrrole nitrogens is 1. The number of pyridine rings is 1. The van der Waals surface area contributed by atoms with E-state index in [1.165, 1.54) is 18.7 Å². The van der Waals surface area contributed by atoms with Crippen LogP contribution in [0.25, 0.3) is 11.0 Å². The molecule has 3 aromatic heterocycles. The van der Waals surface area contributed by atoms with Gasteiger partial charge in [-0.2, -0.15) is 4.57 Å². The molecule has 0 aliphatic carbocycles. The minimum atomic E-state index is -1.41. The van der Waals surface area contributed by atoms with Crippen LogP contribution in [-0.2, 0) is 30.6 Å². The maximum atomic E-state index is 13.3. The number of carbonyl (C=O) groups excluding carboxylic acids is 2. The maximum Gasteiger partial charge on any atom is 0.352 e. The summed E-state index contributed by atoms with van der Waals surface area (Å²) < 4.78 is 1.86. The highest BCUT2D eigenvalue weighted by atomic mass is 35.5. The Kier molecular flexibility index (Phi) is 7.74. The lowest BCUT2D eigenvalue weighted by molar-refractivity contribution is -0.663. The predicted molar refractivity (Wildman–Crippen MR) is 154 cm³/mol. The maximum absolute atomic E-state index is 13.3. The molecule has 8 N–H and O–H groups in total. The van der Waals surface area contributed by atoms with Gasteiger partial charge < -0.3 is 36.8 Å². The number of nitrogen functional groups attached to an aromatic ring is 2. The zero-order valence-corrected chi connectivity index (χ0v) is 24.3. The summed E-state index contributed by atoms with van der Waals surface area (Å²) in [5.41, 5.74) is 13.8. The van der Waals surface area contributed by atoms with Gasteiger partial charge in [-0.15, -0.1) is 11.8 Å². The van der Waals surface area contributed by atoms with Crippen molar-refractivity contribution in [3.8, 4) is 0 Å². The number of carbonyl (C=O) groups is 4. The average Bonchev–Trinajstić information content (AvgIpc) is 3.43. The first kappa shape index (κ1) is 29.2. The summed E-state index contributed by atoms with van der Waals surface area (Å²) >= 11 is 8.29. The zero-order chi connectivity index (χ0) is 30.5. The van der Waals surface area contributed by atoms with Gasteiger partial charge in [0.05, 0.1) is 5.56 Å². The van der Waals surface area contributed by atoms with Gasteiger partial charge in [-0.3, -0.25) is 14.5 Å². The van der Waals surface area contributed by atoms with Crippen LogP contribution >= 0.6 is 34.7 Å². The number of anilines is 2. The van der Waals surface area contributed by atoms with Crippen LogP contribution in [0.3, 0.4) is 0 Å². The van der Waals surface area contributed by atoms with Crippen LogP contribution in [0, 0.1) is 6.92 Å². The van der Waals surface area contributed by atoms with Crippen LogP contribution in [-0.4, -0.2) is 77.8 Å². The molecule has 2 unspecified atom stereocenters. The van der Waals surface area contributed by atoms with E-state index >= 15 is 0 Å². The van der Waals surface area contributed by atoms with Crippen LogP contribution in [0.15, 0.2) is 34.8 Å². The normalized spacial score (nSPS) is 19.4. The Morgan fingerprint density at radius 1 is 1.38 bits per heavy atom. The average molecular weight is 636 g/mol. The molecule has 3 aromatic rings. The molecule has 15 nitrogen and oxygen atoms in total. The molecule has 2 amide bonds. The molecule has 0 spiro atoms. The van der Waals surface area contributed by atoms with E-state index in [0.29, 0.717) is 11.4 Å². The van der Waals surface area contributed by atoms with Gasteiger partial charge in [0.1, 0.15) is 38.5 Å². The minimum absolute atomic E-state index is 0.00532. The summed E-state index contributed by atoms with van der Waals surface area (Å²) in [6.07, 6.45) is 0.395. The summed E-state index contributed by atoms with van der Waals surface area (Å²) in [5, 5.41) is 24.7. The molecule has 5 heterocycles. The lowest BCUT2D eigenvalue weighted by atomic mass is 10.0. The summed E-state index contributed by atoms with van der Waals surface area (Å²) in [5.74, 6) is -3.44. The molecule has 42 heavy (non-hydrogen) atoms. The van der Waals surface area contributed by atoms with Crippen LogP contribution < -0.4 is 21.4 Å². The van der Waals surface area contributed by atoms with Crippen LogP contribution in [0.1, 0.15) is 18.2 Å². The van der Waals surface area contributed by atoms with Crippen molar-refractivity contribution in [3.05, 3.63) is 45.2 Å². The number of aromatic nitrogens is 3. The second-order valence-electron chi connectivity index (χ2n) is 9.38. The Morgan fingerprint density at radius 3 is 2.76 bits per heavy atom. The fourth-order valence-corrected chi connectivity index (χ4v) is 6.88. The van der Waals surface area contributed by atoms with Gasteiger partial charge in [-0.1, -0.05) is 28.1 Å². The number of aliphatic carboxylic acids is 2. The molecule has 1 fully saturated rings. The number of oxime groups is 1. The van der Waals surface area contributed by atoms with Crippen molar-refractivity contribution in [3.63, 3.8) is 0 Å². The number of halogens is 1. The molecule has 18 heteroatoms. The highest BCUT2D eigenvalue weighted by molar-refractivity contribution is 8.00. The van der Waals surface area contributed by atoms with Crippen molar-refractivity contribution in [2.24, 2.45) is 5.16 Å². The van der Waals surface area contributed by atoms with Crippen LogP contribution in [0.5, 0.6) is 0 Å². The van der Waals surface area contributed by atoms with Crippen LogP contribution in [0.2, 0.25) is 4.34 Å². The van der Waals surface area contributed by atoms with E-state index in [9.17, 15) is 24.3 Å². The third-order valence-corrected chi connectivity index (χ3v) is 9.11. The first-order valence-electron chi connectivity index (χ1n) is 12.2. The minimum Gasteiger partial charge on any atom is -0.478 e. The first-order valence-corrected chi connectivity index (χ1v) is 14.5. The summed E-state index contributed by atoms with van der Waals surface area (Å²) in [6, 6.07) is 2.55. The molecule has 5 rings (SSSR count). The quantitative estimate of drug-likeness (QED) is 0.0828. The fraction of sp³-hybridized carbons (Fsp3) is 0.292. The summed E-state index contributed by atoms with van der Waals surface area (Å²) in [4.78, 5) is 63.2. The molecule has 1 saturated heterocycles. The van der Waals surface area contributed by atoms with Gasteiger partial charge in [0, 0.05) is 17.4 Å². The summed E-state index contributed by atoms with van der Waals surface area (Å²) in [6.45, 7) is 3.25. The molecule has 0 radical (unpaired) electrons. The Balaban J connectivity index is 1.40. The number of nitrogens with one attached hydrogen (secondary N) is 2. The van der Waals surface area contributed by atoms with E-state index in [-0.39, 0.29) is 33.2 Å². The van der Waals surface area contributed by atoms with Crippen molar-refractivity contribution in [2.75, 3.05) is 17.2 Å². The molecule has 0 aromatic carbocycles. The zero-order valence-electron chi connectivity index (χ0n) is 22.0. The topological polar surface area (TPSA) is 230 Å². The number of hydrogen-bond donors (Lipinski definition) is 6. The number of amides is 2. The second-order valence-corrected chi connectivity index (χ2v) is 12.1. The molecular weight excluding hydrogens is 612 g/mol. The van der Waals surface area contributed by atoms with Crippen molar-refractivity contribution in [2.45, 2.75) is 37.9 Å². The largest absolute Gasteiger partial charge is 0.478 e. The molecule has 2 aliphatic heterocycles. The number of fused-ring (bicyclic) bond motifs is 2. The third-order valence-electron chi connectivity index (χ3n) is 6.69. The summed E-state index contributed by atoms with van der Waals surface area (Å²) in [7, 11) is 0. The third kappa shape index (κ3) is 5.10. The number of aryl methyl sites for hydroxylation is 1. The molecule has 220 valence electrons. The predicted octanol–water partition coefficient (Wildman–Crippen LogP) is 0.671. The van der Waals surface area contributed by atoms with E-state index < -0.39 is 47.0 Å². The number of carboxylic acid groups (broad SMARTS) is 2. The Bertz CT molecular complexity index is 1720. The Morgan fingerprint density at radius 2 is 2.12 bits per heavy atom. The van der Waals surface area contributed by atoms with Crippen molar-refractivity contribution in [1.29, 1.82) is 0 Å². The number of thiazole rings is 1. The highest BCUT2D eigenvalue weighted by Crippen LogP contribution is 2.40. The van der Waals surface area contributed by atoms with E-state index in [1.54, 1.807) is 12.3 Å². The van der Waals surface area contributed by atoms with Gasteiger partial charge >= 0.3 is 11.9 Å². The van der Waals surface area contributed by atoms with Gasteiger partial charge in [0.15, 0.2) is 23.6 Å². The SMILES string of the molecule is Cc1c(N)[nH]c2ccc[n+](CC3=C(C(=O)O)N4C(=O)C(NC(=O)/C(=N\O[C@@H](C)C(=O)O)c5nc(N)sc5Cl)C4SC3)c12. The van der Waals surface area contributed by atoms with E-state index in [4.69, 9.17) is 33.0 Å². The van der Waals surface area contributed by atoms with E-state index in [2.05, 4.69) is 20.4 Å². The van der Waals surface area contributed by atoms with Gasteiger partial charge in [-0.05, 0) is 19.9 Å². The number of nitrogens with two attached hydrogens (primary N) is 2. The molecule has 2 aliphatic rings. The number of aromatic amines is 1. The van der Waals surface area contributed by atoms with Crippen molar-refractivity contribution < 1.29 is 38.8 Å². The fourth-order valence-electron chi connectivity index (χ4n) is 4.62. The Hall–Kier alpha value is -4.35. The number of thioether (sulfide) groups is 1. The van der Waals surface area contributed by atoms with Crippen LogP contribution in [0.4, 0.5) is 10.9 Å². The number of nitrogens with zero attached hydrogens (tertiary/aromatic N) is 4. The smallest absolute Gasteiger partial charge is 0.352 e. The molecule has 0 saturated carbocycles. The van der Waals surface area contributed by atoms with E-state index in [0.717, 1.165) is 32.8 Å². The first-order chi connectivity index (χ1) is 19.9. The number of hydrogen-bond acceptors (Lipinski definition) is 11. The monoisotopic (exact) mass is 635 g/mol. The van der Waals surface area contributed by atoms with Crippen molar-refractivity contribution in [1.82, 2.24) is 20.2 Å². The molecular formula is C24H24ClN8O7S2+. The number of rotatable bonds is 9. The number of carboxylic acids is 2. The van der Waals surface area contributed by atoms with E-state index in [1.807, 2.05) is 17.6 Å². The van der Waals surface area contributed by atoms with Gasteiger partial charge in [0.2, 0.25) is 11.6 Å². The standard InChI is InChI=1S/C24H23ClN8O7S2/c1-8-15-11(28-18(8)26)4-3-5-32(15)6-10-7-41-21-14(20(35)33(21)16(10)23(38)39)29-19(34)13(31-40-9(2)22(36)37)12-17(25)42-24(27)30-12/h3-5,9,14,21H,6-7H2,1-2H3,(H7,26,27,28,29,30,34,36,37,38,39)/p+1/b31-13-/t9-,14?,21?/m0/s1. The molecule has 3 atom stereocenters. The lowest BCUT2D eigenvalue weighted by Crippen LogP contribution is -2.71.